The highest BCUT2D eigenvalue weighted by Crippen LogP contribution is 2.30. The smallest absolute Gasteiger partial charge is 0.353 e. The van der Waals surface area contributed by atoms with Crippen molar-refractivity contribution in [3.63, 3.8) is 0 Å². The minimum atomic E-state index is -0.350. The molecule has 0 aliphatic heterocycles. The van der Waals surface area contributed by atoms with Crippen molar-refractivity contribution in [2.45, 2.75) is 20.8 Å². The Morgan fingerprint density at radius 3 is 2.67 bits per heavy atom. The van der Waals surface area contributed by atoms with Gasteiger partial charge >= 0.3 is 11.7 Å². The summed E-state index contributed by atoms with van der Waals surface area (Å²) in [6, 6.07) is 7.22. The first-order valence-electron chi connectivity index (χ1n) is 8.12. The van der Waals surface area contributed by atoms with E-state index < -0.39 is 0 Å². The number of hydrogen-bond donors (Lipinski definition) is 0. The molecule has 0 aliphatic rings. The number of para-hydroxylation sites is 2. The second-order valence-corrected chi connectivity index (χ2v) is 7.40. The van der Waals surface area contributed by atoms with Gasteiger partial charge in [0.2, 0.25) is 5.82 Å². The van der Waals surface area contributed by atoms with E-state index in [-0.39, 0.29) is 17.1 Å². The summed E-state index contributed by atoms with van der Waals surface area (Å²) in [4.78, 5) is 16.7. The SMILES string of the molecule is COc1nn(C)c(=O)n1-c1ccccc1Oc1nc(C#CC(C)(C)C)ns1. The van der Waals surface area contributed by atoms with Crippen molar-refractivity contribution in [3.05, 3.63) is 40.6 Å². The van der Waals surface area contributed by atoms with Gasteiger partial charge in [0.15, 0.2) is 5.75 Å². The highest BCUT2D eigenvalue weighted by molar-refractivity contribution is 7.07. The Bertz CT molecular complexity index is 1080. The fourth-order valence-corrected chi connectivity index (χ4v) is 2.65. The van der Waals surface area contributed by atoms with Crippen molar-refractivity contribution in [3.8, 4) is 34.5 Å². The van der Waals surface area contributed by atoms with Crippen molar-refractivity contribution in [1.29, 1.82) is 0 Å². The molecule has 0 saturated heterocycles. The van der Waals surface area contributed by atoms with Crippen molar-refractivity contribution >= 4 is 11.5 Å². The highest BCUT2D eigenvalue weighted by Gasteiger charge is 2.18. The van der Waals surface area contributed by atoms with Gasteiger partial charge in [-0.25, -0.2) is 14.0 Å². The van der Waals surface area contributed by atoms with Crippen LogP contribution in [0.2, 0.25) is 0 Å². The molecule has 3 aromatic rings. The Hall–Kier alpha value is -3.12. The topological polar surface area (TPSA) is 84.1 Å². The Morgan fingerprint density at radius 1 is 1.22 bits per heavy atom. The molecule has 27 heavy (non-hydrogen) atoms. The van der Waals surface area contributed by atoms with Crippen LogP contribution in [0.4, 0.5) is 0 Å². The number of nitrogens with zero attached hydrogens (tertiary/aromatic N) is 5. The maximum absolute atomic E-state index is 12.4. The van der Waals surface area contributed by atoms with E-state index in [1.54, 1.807) is 31.3 Å². The second-order valence-electron chi connectivity index (χ2n) is 6.68. The molecule has 9 heteroatoms. The Labute approximate surface area is 160 Å². The molecular weight excluding hydrogens is 366 g/mol. The van der Waals surface area contributed by atoms with Crippen molar-refractivity contribution < 1.29 is 9.47 Å². The van der Waals surface area contributed by atoms with Gasteiger partial charge in [-0.05, 0) is 38.8 Å². The zero-order chi connectivity index (χ0) is 19.6. The molecular formula is C18H19N5O3S. The lowest BCUT2D eigenvalue weighted by atomic mass is 9.98. The Kier molecular flexibility index (Phi) is 5.01. The van der Waals surface area contributed by atoms with Crippen LogP contribution in [0.1, 0.15) is 26.6 Å². The average molecular weight is 385 g/mol. The van der Waals surface area contributed by atoms with E-state index in [1.165, 1.54) is 16.4 Å². The molecule has 0 saturated carbocycles. The van der Waals surface area contributed by atoms with Crippen LogP contribution in [0.25, 0.3) is 5.69 Å². The van der Waals surface area contributed by atoms with Crippen LogP contribution in [0.15, 0.2) is 29.1 Å². The van der Waals surface area contributed by atoms with Crippen LogP contribution in [0.5, 0.6) is 17.0 Å². The number of hydrogen-bond acceptors (Lipinski definition) is 7. The molecule has 0 atom stereocenters. The van der Waals surface area contributed by atoms with E-state index in [2.05, 4.69) is 26.3 Å². The molecule has 2 heterocycles. The first-order chi connectivity index (χ1) is 12.8. The zero-order valence-corrected chi connectivity index (χ0v) is 16.5. The summed E-state index contributed by atoms with van der Waals surface area (Å²) in [5.74, 6) is 6.85. The quantitative estimate of drug-likeness (QED) is 0.642. The van der Waals surface area contributed by atoms with E-state index in [4.69, 9.17) is 9.47 Å². The fourth-order valence-electron chi connectivity index (χ4n) is 2.15. The minimum Gasteiger partial charge on any atom is -0.467 e. The fraction of sp³-hybridized carbons (Fsp3) is 0.333. The van der Waals surface area contributed by atoms with E-state index in [9.17, 15) is 4.79 Å². The third-order valence-electron chi connectivity index (χ3n) is 3.34. The lowest BCUT2D eigenvalue weighted by molar-refractivity contribution is 0.367. The van der Waals surface area contributed by atoms with Gasteiger partial charge in [-0.3, -0.25) is 0 Å². The molecule has 0 bridgehead atoms. The standard InChI is InChI=1S/C18H19N5O3S/c1-18(2,3)11-10-14-19-16(27-21-14)26-13-9-7-6-8-12(13)23-15(25-5)20-22(4)17(23)24/h6-9H,1-5H3. The number of methoxy groups -OCH3 is 1. The van der Waals surface area contributed by atoms with E-state index in [0.29, 0.717) is 22.5 Å². The van der Waals surface area contributed by atoms with Crippen molar-refractivity contribution in [1.82, 2.24) is 23.7 Å². The summed E-state index contributed by atoms with van der Waals surface area (Å²) in [5, 5.41) is 4.38. The molecule has 1 aromatic carbocycles. The molecule has 0 aliphatic carbocycles. The lowest BCUT2D eigenvalue weighted by Crippen LogP contribution is -2.22. The first-order valence-corrected chi connectivity index (χ1v) is 8.90. The minimum absolute atomic E-state index is 0.142. The van der Waals surface area contributed by atoms with Gasteiger partial charge in [0, 0.05) is 24.0 Å². The molecule has 2 aromatic heterocycles. The van der Waals surface area contributed by atoms with Crippen LogP contribution in [-0.2, 0) is 7.05 Å². The third kappa shape index (κ3) is 4.17. The molecule has 0 fully saturated rings. The Morgan fingerprint density at radius 2 is 1.96 bits per heavy atom. The average Bonchev–Trinajstić information content (AvgIpc) is 3.18. The van der Waals surface area contributed by atoms with Gasteiger partial charge in [-0.15, -0.1) is 5.10 Å². The van der Waals surface area contributed by atoms with Crippen LogP contribution >= 0.6 is 11.5 Å². The molecule has 0 N–H and O–H groups in total. The highest BCUT2D eigenvalue weighted by atomic mass is 32.1. The summed E-state index contributed by atoms with van der Waals surface area (Å²) < 4.78 is 17.8. The second kappa shape index (κ2) is 7.25. The number of rotatable bonds is 4. The maximum Gasteiger partial charge on any atom is 0.353 e. The van der Waals surface area contributed by atoms with Gasteiger partial charge in [0.1, 0.15) is 0 Å². The molecule has 3 rings (SSSR count). The first kappa shape index (κ1) is 18.7. The van der Waals surface area contributed by atoms with E-state index in [0.717, 1.165) is 11.5 Å². The van der Waals surface area contributed by atoms with Gasteiger partial charge in [0.05, 0.1) is 12.8 Å². The number of aryl methyl sites for hydroxylation is 1. The summed E-state index contributed by atoms with van der Waals surface area (Å²) in [5.41, 5.74) is -0.00130. The molecule has 0 amide bonds. The third-order valence-corrected chi connectivity index (χ3v) is 3.93. The van der Waals surface area contributed by atoms with Crippen LogP contribution in [0.3, 0.4) is 0 Å². The number of ether oxygens (including phenoxy) is 2. The van der Waals surface area contributed by atoms with Gasteiger partial charge < -0.3 is 9.47 Å². The van der Waals surface area contributed by atoms with Crippen LogP contribution in [-0.4, -0.2) is 30.8 Å². The number of benzene rings is 1. The summed E-state index contributed by atoms with van der Waals surface area (Å²) in [6.07, 6.45) is 0. The predicted octanol–water partition coefficient (Wildman–Crippen LogP) is 2.62. The Balaban J connectivity index is 1.96. The van der Waals surface area contributed by atoms with Crippen molar-refractivity contribution in [2.24, 2.45) is 12.5 Å². The van der Waals surface area contributed by atoms with Crippen molar-refractivity contribution in [2.75, 3.05) is 7.11 Å². The van der Waals surface area contributed by atoms with Crippen LogP contribution in [0, 0.1) is 17.3 Å². The van der Waals surface area contributed by atoms with Gasteiger partial charge in [0.25, 0.3) is 5.19 Å². The number of aromatic nitrogens is 5. The summed E-state index contributed by atoms with van der Waals surface area (Å²) in [6.45, 7) is 6.04. The molecule has 0 radical (unpaired) electrons. The molecule has 0 unspecified atom stereocenters. The normalized spacial score (nSPS) is 11.0. The molecule has 0 spiro atoms. The maximum atomic E-state index is 12.4. The largest absolute Gasteiger partial charge is 0.467 e. The summed E-state index contributed by atoms with van der Waals surface area (Å²) >= 11 is 1.09. The lowest BCUT2D eigenvalue weighted by Gasteiger charge is -2.09. The summed E-state index contributed by atoms with van der Waals surface area (Å²) in [7, 11) is 3.00. The van der Waals surface area contributed by atoms with Gasteiger partial charge in [-0.1, -0.05) is 18.1 Å². The van der Waals surface area contributed by atoms with Gasteiger partial charge in [-0.2, -0.15) is 9.36 Å². The molecule has 8 nitrogen and oxygen atoms in total. The molecule has 140 valence electrons. The zero-order valence-electron chi connectivity index (χ0n) is 15.7. The monoisotopic (exact) mass is 385 g/mol. The van der Waals surface area contributed by atoms with E-state index in [1.807, 2.05) is 20.8 Å². The van der Waals surface area contributed by atoms with Crippen LogP contribution < -0.4 is 15.2 Å². The predicted molar refractivity (Wildman–Crippen MR) is 102 cm³/mol. The van der Waals surface area contributed by atoms with E-state index >= 15 is 0 Å².